The standard InChI is InChI=1S/C49H33N5/c1-3-15-32(16-4-1)47-50-48(34-27-28-41-40-23-9-12-24-42(40)53(46(41)30-34)36-18-5-2-6-19-36)52-49(51-47)35-29-33-17-7-8-20-37(33)45(31-35)54-43-25-13-10-21-38(43)39-22-11-14-26-44(39)54/h1-31,49H,(H,50,51,52). The van der Waals surface area contributed by atoms with Gasteiger partial charge in [0.2, 0.25) is 0 Å². The van der Waals surface area contributed by atoms with Crippen molar-refractivity contribution in [1.82, 2.24) is 14.5 Å². The van der Waals surface area contributed by atoms with Crippen molar-refractivity contribution in [3.05, 3.63) is 205 Å². The first-order valence-electron chi connectivity index (χ1n) is 18.4. The third-order valence-corrected chi connectivity index (χ3v) is 10.7. The van der Waals surface area contributed by atoms with Gasteiger partial charge in [-0.05, 0) is 53.9 Å². The summed E-state index contributed by atoms with van der Waals surface area (Å²) in [6, 6.07) is 66.8. The molecule has 0 amide bonds. The lowest BCUT2D eigenvalue weighted by Crippen LogP contribution is -2.36. The highest BCUT2D eigenvalue weighted by Crippen LogP contribution is 2.38. The van der Waals surface area contributed by atoms with Gasteiger partial charge in [-0.3, -0.25) is 0 Å². The molecule has 0 radical (unpaired) electrons. The molecular formula is C49H33N5. The van der Waals surface area contributed by atoms with Gasteiger partial charge in [-0.1, -0.05) is 140 Å². The molecular weight excluding hydrogens is 659 g/mol. The predicted octanol–water partition coefficient (Wildman–Crippen LogP) is 11.5. The van der Waals surface area contributed by atoms with E-state index in [1.165, 1.54) is 43.5 Å². The number of aliphatic imine (C=N–C) groups is 2. The number of nitrogens with zero attached hydrogens (tertiary/aromatic N) is 4. The van der Waals surface area contributed by atoms with E-state index in [1.807, 2.05) is 6.07 Å². The predicted molar refractivity (Wildman–Crippen MR) is 224 cm³/mol. The largest absolute Gasteiger partial charge is 0.324 e. The van der Waals surface area contributed by atoms with E-state index < -0.39 is 6.17 Å². The summed E-state index contributed by atoms with van der Waals surface area (Å²) in [5.74, 6) is 1.58. The van der Waals surface area contributed by atoms with Crippen LogP contribution in [0.2, 0.25) is 0 Å². The molecule has 0 saturated carbocycles. The van der Waals surface area contributed by atoms with Crippen LogP contribution < -0.4 is 5.32 Å². The molecule has 10 aromatic rings. The first kappa shape index (κ1) is 30.4. The number of nitrogens with one attached hydrogen (secondary N) is 1. The molecule has 0 bridgehead atoms. The van der Waals surface area contributed by atoms with Crippen LogP contribution in [0.15, 0.2) is 198 Å². The summed E-state index contributed by atoms with van der Waals surface area (Å²) in [4.78, 5) is 10.7. The van der Waals surface area contributed by atoms with Crippen LogP contribution in [0.25, 0.3) is 65.8 Å². The average molecular weight is 692 g/mol. The molecule has 0 saturated heterocycles. The van der Waals surface area contributed by atoms with Crippen molar-refractivity contribution in [3.63, 3.8) is 0 Å². The van der Waals surface area contributed by atoms with Crippen molar-refractivity contribution >= 4 is 66.1 Å². The van der Waals surface area contributed by atoms with Crippen LogP contribution in [0.4, 0.5) is 0 Å². The zero-order valence-electron chi connectivity index (χ0n) is 29.3. The van der Waals surface area contributed by atoms with Crippen LogP contribution in [-0.2, 0) is 0 Å². The van der Waals surface area contributed by atoms with Crippen molar-refractivity contribution in [2.75, 3.05) is 0 Å². The Kier molecular flexibility index (Phi) is 6.85. The Balaban J connectivity index is 1.13. The molecule has 0 spiro atoms. The fourth-order valence-corrected chi connectivity index (χ4v) is 8.29. The summed E-state index contributed by atoms with van der Waals surface area (Å²) in [5.41, 5.74) is 9.92. The second-order valence-electron chi connectivity index (χ2n) is 13.9. The lowest BCUT2D eigenvalue weighted by Gasteiger charge is -2.23. The Morgan fingerprint density at radius 3 is 1.57 bits per heavy atom. The SMILES string of the molecule is c1ccc(C2=NC(c3cc(-n4c5ccccc5c5ccccc54)c4ccccc4c3)N=C(c3ccc4c5ccccc5n(-c5ccccc5)c4c3)N2)cc1. The van der Waals surface area contributed by atoms with Crippen LogP contribution >= 0.6 is 0 Å². The number of hydrogen-bond donors (Lipinski definition) is 1. The van der Waals surface area contributed by atoms with E-state index >= 15 is 0 Å². The van der Waals surface area contributed by atoms with Gasteiger partial charge in [0.1, 0.15) is 11.7 Å². The Morgan fingerprint density at radius 1 is 0.389 bits per heavy atom. The zero-order chi connectivity index (χ0) is 35.6. The van der Waals surface area contributed by atoms with E-state index in [0.717, 1.165) is 50.6 Å². The molecule has 5 nitrogen and oxygen atoms in total. The molecule has 3 heterocycles. The number of rotatable bonds is 5. The average Bonchev–Trinajstić information content (AvgIpc) is 3.76. The maximum atomic E-state index is 5.41. The van der Waals surface area contributed by atoms with Crippen molar-refractivity contribution in [2.45, 2.75) is 6.17 Å². The van der Waals surface area contributed by atoms with Gasteiger partial charge in [0.05, 0.1) is 27.8 Å². The van der Waals surface area contributed by atoms with Crippen LogP contribution in [0.3, 0.4) is 0 Å². The van der Waals surface area contributed by atoms with Crippen LogP contribution in [-0.4, -0.2) is 20.8 Å². The van der Waals surface area contributed by atoms with E-state index in [0.29, 0.717) is 0 Å². The van der Waals surface area contributed by atoms with Gasteiger partial charge in [0.15, 0.2) is 6.17 Å². The molecule has 8 aromatic carbocycles. The lowest BCUT2D eigenvalue weighted by atomic mass is 10.0. The maximum Gasteiger partial charge on any atom is 0.169 e. The smallest absolute Gasteiger partial charge is 0.169 e. The fraction of sp³-hybridized carbons (Fsp3) is 0.0204. The molecule has 54 heavy (non-hydrogen) atoms. The first-order chi connectivity index (χ1) is 26.8. The number of benzene rings is 8. The number of amidine groups is 2. The minimum absolute atomic E-state index is 0.483. The van der Waals surface area contributed by atoms with Crippen LogP contribution in [0, 0.1) is 0 Å². The third-order valence-electron chi connectivity index (χ3n) is 10.7. The Hall–Kier alpha value is -7.24. The Bertz CT molecular complexity index is 3080. The molecule has 1 unspecified atom stereocenters. The van der Waals surface area contributed by atoms with E-state index in [4.69, 9.17) is 9.98 Å². The minimum Gasteiger partial charge on any atom is -0.324 e. The van der Waals surface area contributed by atoms with Crippen molar-refractivity contribution < 1.29 is 0 Å². The number of para-hydroxylation sites is 4. The van der Waals surface area contributed by atoms with Crippen molar-refractivity contribution in [3.8, 4) is 11.4 Å². The highest BCUT2D eigenvalue weighted by atomic mass is 15.2. The summed E-state index contributed by atoms with van der Waals surface area (Å²) >= 11 is 0. The fourth-order valence-electron chi connectivity index (χ4n) is 8.29. The topological polar surface area (TPSA) is 46.6 Å². The van der Waals surface area contributed by atoms with Gasteiger partial charge in [0.25, 0.3) is 0 Å². The minimum atomic E-state index is -0.483. The second kappa shape index (κ2) is 12.2. The third kappa shape index (κ3) is 4.79. The molecule has 0 aliphatic carbocycles. The van der Waals surface area contributed by atoms with Crippen molar-refractivity contribution in [2.24, 2.45) is 9.98 Å². The van der Waals surface area contributed by atoms with E-state index in [9.17, 15) is 0 Å². The lowest BCUT2D eigenvalue weighted by molar-refractivity contribution is 0.756. The summed E-state index contributed by atoms with van der Waals surface area (Å²) in [6.07, 6.45) is -0.483. The van der Waals surface area contributed by atoms with Gasteiger partial charge in [-0.15, -0.1) is 0 Å². The molecule has 11 rings (SSSR count). The molecule has 5 heteroatoms. The first-order valence-corrected chi connectivity index (χ1v) is 18.4. The van der Waals surface area contributed by atoms with Gasteiger partial charge < -0.3 is 14.5 Å². The number of aromatic nitrogens is 2. The summed E-state index contributed by atoms with van der Waals surface area (Å²) in [7, 11) is 0. The van der Waals surface area contributed by atoms with Gasteiger partial charge >= 0.3 is 0 Å². The monoisotopic (exact) mass is 691 g/mol. The quantitative estimate of drug-likeness (QED) is 0.192. The Morgan fingerprint density at radius 2 is 0.907 bits per heavy atom. The highest BCUT2D eigenvalue weighted by Gasteiger charge is 2.24. The molecule has 1 aliphatic heterocycles. The number of fused-ring (bicyclic) bond motifs is 7. The molecule has 1 atom stereocenters. The molecule has 1 N–H and O–H groups in total. The van der Waals surface area contributed by atoms with Crippen molar-refractivity contribution in [1.29, 1.82) is 0 Å². The summed E-state index contributed by atoms with van der Waals surface area (Å²) in [6.45, 7) is 0. The van der Waals surface area contributed by atoms with Gasteiger partial charge in [-0.2, -0.15) is 0 Å². The van der Waals surface area contributed by atoms with Crippen LogP contribution in [0.5, 0.6) is 0 Å². The normalized spacial score (nSPS) is 14.5. The summed E-state index contributed by atoms with van der Waals surface area (Å²) < 4.78 is 4.75. The Labute approximate surface area is 311 Å². The van der Waals surface area contributed by atoms with E-state index in [2.05, 4.69) is 196 Å². The molecule has 0 fully saturated rings. The highest BCUT2D eigenvalue weighted by molar-refractivity contribution is 6.18. The molecule has 2 aromatic heterocycles. The molecule has 1 aliphatic rings. The molecule has 254 valence electrons. The van der Waals surface area contributed by atoms with E-state index in [-0.39, 0.29) is 0 Å². The number of hydrogen-bond acceptors (Lipinski definition) is 3. The van der Waals surface area contributed by atoms with E-state index in [1.54, 1.807) is 0 Å². The summed E-state index contributed by atoms with van der Waals surface area (Å²) in [5, 5.41) is 10.9. The second-order valence-corrected chi connectivity index (χ2v) is 13.9. The van der Waals surface area contributed by atoms with Gasteiger partial charge in [-0.25, -0.2) is 9.98 Å². The maximum absolute atomic E-state index is 5.41. The van der Waals surface area contributed by atoms with Crippen LogP contribution in [0.1, 0.15) is 22.9 Å². The van der Waals surface area contributed by atoms with Gasteiger partial charge in [0, 0.05) is 49.3 Å². The zero-order valence-corrected chi connectivity index (χ0v) is 29.3.